The Morgan fingerprint density at radius 3 is 2.38 bits per heavy atom. The number of hydrogen-bond donors (Lipinski definition) is 1. The summed E-state index contributed by atoms with van der Waals surface area (Å²) in [6, 6.07) is 2.63. The molecular formula is C15H27N3O2S. The van der Waals surface area contributed by atoms with Crippen molar-refractivity contribution >= 4 is 10.0 Å². The highest BCUT2D eigenvalue weighted by atomic mass is 32.2. The molecule has 0 saturated carbocycles. The van der Waals surface area contributed by atoms with Gasteiger partial charge < -0.3 is 9.88 Å². The zero-order chi connectivity index (χ0) is 15.6. The van der Waals surface area contributed by atoms with Gasteiger partial charge in [-0.15, -0.1) is 0 Å². The maximum Gasteiger partial charge on any atom is 0.213 e. The van der Waals surface area contributed by atoms with Crippen molar-refractivity contribution in [3.63, 3.8) is 0 Å². The molecule has 0 aliphatic carbocycles. The van der Waals surface area contributed by atoms with Crippen LogP contribution in [0, 0.1) is 13.8 Å². The summed E-state index contributed by atoms with van der Waals surface area (Å²) < 4.78 is 27.5. The predicted octanol–water partition coefficient (Wildman–Crippen LogP) is 1.55. The third kappa shape index (κ3) is 3.67. The average molecular weight is 313 g/mol. The second-order valence-corrected chi connectivity index (χ2v) is 8.17. The molecule has 0 aromatic carbocycles. The molecular weight excluding hydrogens is 286 g/mol. The zero-order valence-corrected chi connectivity index (χ0v) is 14.3. The van der Waals surface area contributed by atoms with Gasteiger partial charge in [0.05, 0.1) is 5.75 Å². The fourth-order valence-electron chi connectivity index (χ4n) is 2.89. The van der Waals surface area contributed by atoms with Gasteiger partial charge in [0.15, 0.2) is 0 Å². The second-order valence-electron chi connectivity index (χ2n) is 5.91. The van der Waals surface area contributed by atoms with Crippen molar-refractivity contribution < 1.29 is 8.42 Å². The molecule has 1 aromatic rings. The zero-order valence-electron chi connectivity index (χ0n) is 13.5. The molecule has 1 saturated heterocycles. The van der Waals surface area contributed by atoms with Crippen LogP contribution in [0.15, 0.2) is 6.07 Å². The Bertz CT molecular complexity index is 584. The molecule has 6 heteroatoms. The number of nitrogens with zero attached hydrogens (tertiary/aromatic N) is 2. The molecule has 1 aromatic heterocycles. The number of sulfonamides is 1. The Balaban J connectivity index is 1.86. The van der Waals surface area contributed by atoms with Crippen LogP contribution in [0.5, 0.6) is 0 Å². The van der Waals surface area contributed by atoms with Gasteiger partial charge in [0, 0.05) is 44.1 Å². The van der Waals surface area contributed by atoms with E-state index >= 15 is 0 Å². The van der Waals surface area contributed by atoms with Gasteiger partial charge in [-0.2, -0.15) is 0 Å². The largest absolute Gasteiger partial charge is 0.352 e. The average Bonchev–Trinajstić information content (AvgIpc) is 2.73. The highest BCUT2D eigenvalue weighted by Gasteiger charge is 2.26. The molecule has 0 spiro atoms. The lowest BCUT2D eigenvalue weighted by molar-refractivity contribution is 0.289. The highest BCUT2D eigenvalue weighted by Crippen LogP contribution is 2.17. The Hall–Kier alpha value is -0.850. The first-order valence-electron chi connectivity index (χ1n) is 7.68. The van der Waals surface area contributed by atoms with Gasteiger partial charge in [0.1, 0.15) is 0 Å². The summed E-state index contributed by atoms with van der Waals surface area (Å²) in [6.07, 6.45) is 1.79. The number of aryl methyl sites for hydroxylation is 1. The molecule has 1 aliphatic rings. The number of aromatic nitrogens is 1. The minimum atomic E-state index is -3.02. The van der Waals surface area contributed by atoms with Crippen LogP contribution in [-0.4, -0.2) is 42.2 Å². The van der Waals surface area contributed by atoms with Crippen LogP contribution >= 0.6 is 0 Å². The second kappa shape index (κ2) is 6.50. The first kappa shape index (κ1) is 16.5. The number of piperidine rings is 1. The number of nitrogens with one attached hydrogen (secondary N) is 1. The van der Waals surface area contributed by atoms with Crippen molar-refractivity contribution in [1.29, 1.82) is 0 Å². The lowest BCUT2D eigenvalue weighted by Crippen LogP contribution is -2.45. The van der Waals surface area contributed by atoms with Gasteiger partial charge in [-0.3, -0.25) is 0 Å². The van der Waals surface area contributed by atoms with Crippen molar-refractivity contribution in [3.05, 3.63) is 23.0 Å². The van der Waals surface area contributed by atoms with Crippen LogP contribution in [0.3, 0.4) is 0 Å². The topological polar surface area (TPSA) is 54.3 Å². The van der Waals surface area contributed by atoms with E-state index in [4.69, 9.17) is 0 Å². The standard InChI is InChI=1S/C15H27N3O2S/c1-5-21(19,20)18-8-6-15(7-9-18)16-11-14-10-12(2)17(4)13(14)3/h10,15-16H,5-9,11H2,1-4H3. The summed E-state index contributed by atoms with van der Waals surface area (Å²) >= 11 is 0. The van der Waals surface area contributed by atoms with Crippen LogP contribution in [-0.2, 0) is 23.6 Å². The van der Waals surface area contributed by atoms with E-state index in [2.05, 4.69) is 36.8 Å². The fourth-order valence-corrected chi connectivity index (χ4v) is 4.02. The van der Waals surface area contributed by atoms with Crippen LogP contribution in [0.1, 0.15) is 36.7 Å². The van der Waals surface area contributed by atoms with Crippen LogP contribution in [0.2, 0.25) is 0 Å². The van der Waals surface area contributed by atoms with Crippen molar-refractivity contribution in [2.45, 2.75) is 46.2 Å². The molecule has 2 heterocycles. The fraction of sp³-hybridized carbons (Fsp3) is 0.733. The van der Waals surface area contributed by atoms with E-state index in [1.165, 1.54) is 17.0 Å². The number of rotatable bonds is 5. The van der Waals surface area contributed by atoms with Crippen LogP contribution in [0.4, 0.5) is 0 Å². The highest BCUT2D eigenvalue weighted by molar-refractivity contribution is 7.89. The third-order valence-electron chi connectivity index (χ3n) is 4.67. The molecule has 120 valence electrons. The van der Waals surface area contributed by atoms with Crippen molar-refractivity contribution in [1.82, 2.24) is 14.2 Å². The lowest BCUT2D eigenvalue weighted by Gasteiger charge is -2.31. The first-order chi connectivity index (χ1) is 9.85. The molecule has 0 unspecified atom stereocenters. The minimum absolute atomic E-state index is 0.202. The third-order valence-corrected chi connectivity index (χ3v) is 6.55. The molecule has 1 aliphatic heterocycles. The first-order valence-corrected chi connectivity index (χ1v) is 9.29. The molecule has 1 N–H and O–H groups in total. The van der Waals surface area contributed by atoms with Crippen molar-refractivity contribution in [2.75, 3.05) is 18.8 Å². The summed E-state index contributed by atoms with van der Waals surface area (Å²) in [4.78, 5) is 0. The summed E-state index contributed by atoms with van der Waals surface area (Å²) in [7, 11) is -0.933. The van der Waals surface area contributed by atoms with Gasteiger partial charge in [-0.05, 0) is 45.2 Å². The minimum Gasteiger partial charge on any atom is -0.352 e. The predicted molar refractivity (Wildman–Crippen MR) is 85.8 cm³/mol. The van der Waals surface area contributed by atoms with Crippen molar-refractivity contribution in [3.8, 4) is 0 Å². The summed E-state index contributed by atoms with van der Waals surface area (Å²) in [5.41, 5.74) is 3.90. The van der Waals surface area contributed by atoms with Gasteiger partial charge >= 0.3 is 0 Å². The summed E-state index contributed by atoms with van der Waals surface area (Å²) in [5, 5.41) is 3.57. The van der Waals surface area contributed by atoms with Gasteiger partial charge in [0.2, 0.25) is 10.0 Å². The molecule has 21 heavy (non-hydrogen) atoms. The van der Waals surface area contributed by atoms with E-state index < -0.39 is 10.0 Å². The van der Waals surface area contributed by atoms with Crippen molar-refractivity contribution in [2.24, 2.45) is 7.05 Å². The van der Waals surface area contributed by atoms with E-state index in [0.717, 1.165) is 19.4 Å². The number of hydrogen-bond acceptors (Lipinski definition) is 3. The van der Waals surface area contributed by atoms with E-state index in [9.17, 15) is 8.42 Å². The normalized spacial score (nSPS) is 18.3. The van der Waals surface area contributed by atoms with Gasteiger partial charge in [-0.25, -0.2) is 12.7 Å². The van der Waals surface area contributed by atoms with Crippen LogP contribution < -0.4 is 5.32 Å². The van der Waals surface area contributed by atoms with E-state index in [-0.39, 0.29) is 5.75 Å². The smallest absolute Gasteiger partial charge is 0.213 e. The van der Waals surface area contributed by atoms with Crippen LogP contribution in [0.25, 0.3) is 0 Å². The Kier molecular flexibility index (Phi) is 5.11. The molecule has 0 amide bonds. The summed E-state index contributed by atoms with van der Waals surface area (Å²) in [6.45, 7) is 8.10. The van der Waals surface area contributed by atoms with Gasteiger partial charge in [-0.1, -0.05) is 0 Å². The Labute approximate surface area is 128 Å². The maximum atomic E-state index is 11.8. The SMILES string of the molecule is CCS(=O)(=O)N1CCC(NCc2cc(C)n(C)c2C)CC1. The molecule has 5 nitrogen and oxygen atoms in total. The molecule has 0 atom stereocenters. The molecule has 0 bridgehead atoms. The Morgan fingerprint density at radius 1 is 1.29 bits per heavy atom. The Morgan fingerprint density at radius 2 is 1.90 bits per heavy atom. The monoisotopic (exact) mass is 313 g/mol. The maximum absolute atomic E-state index is 11.8. The molecule has 0 radical (unpaired) electrons. The van der Waals surface area contributed by atoms with Gasteiger partial charge in [0.25, 0.3) is 0 Å². The van der Waals surface area contributed by atoms with E-state index in [1.54, 1.807) is 11.2 Å². The van der Waals surface area contributed by atoms with E-state index in [0.29, 0.717) is 19.1 Å². The van der Waals surface area contributed by atoms with E-state index in [1.807, 2.05) is 0 Å². The quantitative estimate of drug-likeness (QED) is 0.897. The molecule has 2 rings (SSSR count). The molecule has 1 fully saturated rings. The summed E-state index contributed by atoms with van der Waals surface area (Å²) in [5.74, 6) is 0.202. The lowest BCUT2D eigenvalue weighted by atomic mass is 10.1.